The summed E-state index contributed by atoms with van der Waals surface area (Å²) in [6.07, 6.45) is 1.90. The maximum Gasteiger partial charge on any atom is 0.149 e. The Balaban J connectivity index is 3.00. The van der Waals surface area contributed by atoms with Gasteiger partial charge in [0.2, 0.25) is 0 Å². The van der Waals surface area contributed by atoms with Gasteiger partial charge in [-0.25, -0.2) is 17.2 Å². The van der Waals surface area contributed by atoms with Crippen molar-refractivity contribution >= 4 is 9.84 Å². The zero-order valence-corrected chi connectivity index (χ0v) is 11.2. The molecule has 0 bridgehead atoms. The van der Waals surface area contributed by atoms with E-state index < -0.39 is 27.5 Å². The summed E-state index contributed by atoms with van der Waals surface area (Å²) >= 11 is 0. The minimum atomic E-state index is -3.24. The predicted molar refractivity (Wildman–Crippen MR) is 67.1 cm³/mol. The molecule has 0 radical (unpaired) electrons. The Labute approximate surface area is 106 Å². The highest BCUT2D eigenvalue weighted by atomic mass is 32.2. The van der Waals surface area contributed by atoms with Crippen LogP contribution in [0.2, 0.25) is 0 Å². The predicted octanol–water partition coefficient (Wildman–Crippen LogP) is 2.05. The lowest BCUT2D eigenvalue weighted by Crippen LogP contribution is -2.28. The van der Waals surface area contributed by atoms with E-state index in [2.05, 4.69) is 5.32 Å². The van der Waals surface area contributed by atoms with Gasteiger partial charge >= 0.3 is 0 Å². The SMILES string of the molecule is CCCNC(CS(C)(=O)=O)c1cc(F)cc(F)c1. The molecule has 0 amide bonds. The molecule has 1 unspecified atom stereocenters. The van der Waals surface area contributed by atoms with Gasteiger partial charge in [-0.2, -0.15) is 0 Å². The zero-order valence-electron chi connectivity index (χ0n) is 10.4. The third-order valence-corrected chi connectivity index (χ3v) is 3.34. The van der Waals surface area contributed by atoms with Gasteiger partial charge in [0.25, 0.3) is 0 Å². The summed E-state index contributed by atoms with van der Waals surface area (Å²) in [4.78, 5) is 0. The van der Waals surface area contributed by atoms with Gasteiger partial charge in [-0.1, -0.05) is 6.92 Å². The fraction of sp³-hybridized carbons (Fsp3) is 0.500. The van der Waals surface area contributed by atoms with Gasteiger partial charge < -0.3 is 5.32 Å². The second-order valence-electron chi connectivity index (χ2n) is 4.30. The number of rotatable bonds is 6. The highest BCUT2D eigenvalue weighted by Crippen LogP contribution is 2.18. The molecule has 102 valence electrons. The smallest absolute Gasteiger partial charge is 0.149 e. The number of halogens is 2. The van der Waals surface area contributed by atoms with E-state index in [1.54, 1.807) is 0 Å². The van der Waals surface area contributed by atoms with Gasteiger partial charge in [-0.05, 0) is 30.7 Å². The lowest BCUT2D eigenvalue weighted by molar-refractivity contribution is 0.534. The molecule has 6 heteroatoms. The van der Waals surface area contributed by atoms with Crippen LogP contribution in [0.5, 0.6) is 0 Å². The molecule has 1 aromatic rings. The van der Waals surface area contributed by atoms with Crippen LogP contribution in [-0.2, 0) is 9.84 Å². The zero-order chi connectivity index (χ0) is 13.8. The summed E-state index contributed by atoms with van der Waals surface area (Å²) in [7, 11) is -3.24. The van der Waals surface area contributed by atoms with Crippen LogP contribution in [0.1, 0.15) is 24.9 Å². The van der Waals surface area contributed by atoms with Crippen molar-refractivity contribution in [3.05, 3.63) is 35.4 Å². The van der Waals surface area contributed by atoms with Crippen LogP contribution in [0.4, 0.5) is 8.78 Å². The van der Waals surface area contributed by atoms with Crippen LogP contribution in [0.3, 0.4) is 0 Å². The Morgan fingerprint density at radius 1 is 1.22 bits per heavy atom. The van der Waals surface area contributed by atoms with E-state index >= 15 is 0 Å². The lowest BCUT2D eigenvalue weighted by atomic mass is 10.1. The van der Waals surface area contributed by atoms with Crippen molar-refractivity contribution < 1.29 is 17.2 Å². The molecule has 0 saturated carbocycles. The average molecular weight is 277 g/mol. The van der Waals surface area contributed by atoms with E-state index in [-0.39, 0.29) is 5.75 Å². The monoisotopic (exact) mass is 277 g/mol. The van der Waals surface area contributed by atoms with Crippen molar-refractivity contribution in [2.24, 2.45) is 0 Å². The Bertz CT molecular complexity index is 483. The Hall–Kier alpha value is -1.01. The fourth-order valence-electron chi connectivity index (χ4n) is 1.67. The summed E-state index contributed by atoms with van der Waals surface area (Å²) in [5.74, 6) is -1.60. The van der Waals surface area contributed by atoms with Crippen LogP contribution < -0.4 is 5.32 Å². The first-order valence-corrected chi connectivity index (χ1v) is 7.75. The van der Waals surface area contributed by atoms with Gasteiger partial charge in [-0.3, -0.25) is 0 Å². The van der Waals surface area contributed by atoms with Crippen LogP contribution >= 0.6 is 0 Å². The summed E-state index contributed by atoms with van der Waals surface area (Å²) in [5.41, 5.74) is 0.311. The molecular weight excluding hydrogens is 260 g/mol. The Morgan fingerprint density at radius 2 is 1.78 bits per heavy atom. The second kappa shape index (κ2) is 6.24. The van der Waals surface area contributed by atoms with E-state index in [0.717, 1.165) is 30.9 Å². The van der Waals surface area contributed by atoms with Crippen LogP contribution in [0, 0.1) is 11.6 Å². The topological polar surface area (TPSA) is 46.2 Å². The molecule has 0 spiro atoms. The van der Waals surface area contributed by atoms with Crippen LogP contribution in [0.25, 0.3) is 0 Å². The average Bonchev–Trinajstić information content (AvgIpc) is 2.21. The summed E-state index contributed by atoms with van der Waals surface area (Å²) in [6, 6.07) is 2.48. The molecule has 0 aliphatic heterocycles. The third-order valence-electron chi connectivity index (χ3n) is 2.40. The van der Waals surface area contributed by atoms with Crippen molar-refractivity contribution in [3.8, 4) is 0 Å². The van der Waals surface area contributed by atoms with E-state index in [9.17, 15) is 17.2 Å². The van der Waals surface area contributed by atoms with Gasteiger partial charge in [0.1, 0.15) is 21.5 Å². The molecular formula is C12H17F2NO2S. The highest BCUT2D eigenvalue weighted by Gasteiger charge is 2.18. The van der Waals surface area contributed by atoms with Crippen molar-refractivity contribution in [3.63, 3.8) is 0 Å². The van der Waals surface area contributed by atoms with Crippen molar-refractivity contribution in [2.75, 3.05) is 18.6 Å². The number of sulfone groups is 1. The minimum Gasteiger partial charge on any atom is -0.309 e. The normalized spacial score (nSPS) is 13.6. The quantitative estimate of drug-likeness (QED) is 0.865. The molecule has 0 saturated heterocycles. The van der Waals surface area contributed by atoms with Crippen LogP contribution in [-0.4, -0.2) is 27.0 Å². The minimum absolute atomic E-state index is 0.185. The van der Waals surface area contributed by atoms with Crippen molar-refractivity contribution in [1.29, 1.82) is 0 Å². The lowest BCUT2D eigenvalue weighted by Gasteiger charge is -2.18. The molecule has 1 aromatic carbocycles. The van der Waals surface area contributed by atoms with E-state index in [1.807, 2.05) is 6.92 Å². The standard InChI is InChI=1S/C12H17F2NO2S/c1-3-4-15-12(8-18(2,16)17)9-5-10(13)7-11(14)6-9/h5-7,12,15H,3-4,8H2,1-2H3. The molecule has 3 nitrogen and oxygen atoms in total. The van der Waals surface area contributed by atoms with E-state index in [4.69, 9.17) is 0 Å². The molecule has 0 fully saturated rings. The molecule has 0 aromatic heterocycles. The maximum absolute atomic E-state index is 13.1. The Morgan fingerprint density at radius 3 is 2.22 bits per heavy atom. The first-order valence-electron chi connectivity index (χ1n) is 5.69. The van der Waals surface area contributed by atoms with Crippen LogP contribution in [0.15, 0.2) is 18.2 Å². The molecule has 0 aliphatic rings. The van der Waals surface area contributed by atoms with Gasteiger partial charge in [0.15, 0.2) is 0 Å². The van der Waals surface area contributed by atoms with Gasteiger partial charge in [-0.15, -0.1) is 0 Å². The third kappa shape index (κ3) is 5.10. The summed E-state index contributed by atoms with van der Waals surface area (Å²) in [5, 5.41) is 2.98. The van der Waals surface area contributed by atoms with Crippen molar-refractivity contribution in [1.82, 2.24) is 5.32 Å². The summed E-state index contributed by atoms with van der Waals surface area (Å²) in [6.45, 7) is 2.51. The van der Waals surface area contributed by atoms with Crippen molar-refractivity contribution in [2.45, 2.75) is 19.4 Å². The molecule has 1 N–H and O–H groups in total. The molecule has 0 heterocycles. The van der Waals surface area contributed by atoms with Gasteiger partial charge in [0.05, 0.1) is 5.75 Å². The van der Waals surface area contributed by atoms with E-state index in [1.165, 1.54) is 0 Å². The first kappa shape index (κ1) is 15.0. The molecule has 1 rings (SSSR count). The number of hydrogen-bond donors (Lipinski definition) is 1. The van der Waals surface area contributed by atoms with Gasteiger partial charge in [0, 0.05) is 18.4 Å². The number of hydrogen-bond acceptors (Lipinski definition) is 3. The Kier molecular flexibility index (Phi) is 5.22. The summed E-state index contributed by atoms with van der Waals surface area (Å²) < 4.78 is 48.9. The fourth-order valence-corrected chi connectivity index (χ4v) is 2.59. The molecule has 18 heavy (non-hydrogen) atoms. The van der Waals surface area contributed by atoms with E-state index in [0.29, 0.717) is 12.1 Å². The molecule has 1 atom stereocenters. The highest BCUT2D eigenvalue weighted by molar-refractivity contribution is 7.90. The number of nitrogens with one attached hydrogen (secondary N) is 1. The largest absolute Gasteiger partial charge is 0.309 e. The first-order chi connectivity index (χ1) is 8.31. The molecule has 0 aliphatic carbocycles. The maximum atomic E-state index is 13.1. The second-order valence-corrected chi connectivity index (χ2v) is 6.49. The number of benzene rings is 1.